The van der Waals surface area contributed by atoms with Gasteiger partial charge < -0.3 is 10.2 Å². The number of rotatable bonds is 3. The number of halogens is 1. The van der Waals surface area contributed by atoms with Gasteiger partial charge in [0, 0.05) is 11.8 Å². The highest BCUT2D eigenvalue weighted by molar-refractivity contribution is 6.30. The molecular weight excluding hydrogens is 230 g/mol. The fourth-order valence-electron chi connectivity index (χ4n) is 1.15. The molecule has 0 aliphatic carbocycles. The minimum absolute atomic E-state index is 0.00323. The molecule has 5 nitrogen and oxygen atoms in total. The summed E-state index contributed by atoms with van der Waals surface area (Å²) < 4.78 is 0. The molecule has 0 aliphatic rings. The van der Waals surface area contributed by atoms with Gasteiger partial charge in [0.05, 0.1) is 24.2 Å². The number of nitrogens with zero attached hydrogens (tertiary/aromatic N) is 3. The molecular formula is C10H8ClN3O2. The molecule has 1 aromatic rings. The first-order chi connectivity index (χ1) is 7.60. The third kappa shape index (κ3) is 2.68. The molecule has 0 bridgehead atoms. The average molecular weight is 238 g/mol. The quantitative estimate of drug-likeness (QED) is 0.761. The van der Waals surface area contributed by atoms with Crippen molar-refractivity contribution in [2.45, 2.75) is 18.6 Å². The molecule has 6 heteroatoms. The van der Waals surface area contributed by atoms with E-state index in [1.54, 1.807) is 6.07 Å². The van der Waals surface area contributed by atoms with Gasteiger partial charge in [-0.1, -0.05) is 11.6 Å². The summed E-state index contributed by atoms with van der Waals surface area (Å²) in [6, 6.07) is 4.90. The topological polar surface area (TPSA) is 101 Å². The van der Waals surface area contributed by atoms with Crippen LogP contribution in [-0.4, -0.2) is 21.3 Å². The molecule has 0 aromatic carbocycles. The van der Waals surface area contributed by atoms with Crippen molar-refractivity contribution in [1.82, 2.24) is 4.98 Å². The Balaban J connectivity index is 3.04. The van der Waals surface area contributed by atoms with Crippen LogP contribution in [0, 0.1) is 22.7 Å². The SMILES string of the molecule is N#CCC(O)C(O)c1cc(C#N)cnc1Cl. The fourth-order valence-corrected chi connectivity index (χ4v) is 1.36. The highest BCUT2D eigenvalue weighted by Gasteiger charge is 2.21. The van der Waals surface area contributed by atoms with Gasteiger partial charge in [-0.2, -0.15) is 10.5 Å². The summed E-state index contributed by atoms with van der Waals surface area (Å²) in [5.41, 5.74) is 0.367. The van der Waals surface area contributed by atoms with Crippen LogP contribution in [0.5, 0.6) is 0 Å². The molecule has 82 valence electrons. The molecule has 2 atom stereocenters. The van der Waals surface area contributed by atoms with E-state index in [4.69, 9.17) is 22.1 Å². The lowest BCUT2D eigenvalue weighted by molar-refractivity contribution is 0.0215. The fraction of sp³-hybridized carbons (Fsp3) is 0.300. The predicted octanol–water partition coefficient (Wildman–Crippen LogP) is 0.915. The van der Waals surface area contributed by atoms with E-state index in [9.17, 15) is 10.2 Å². The highest BCUT2D eigenvalue weighted by Crippen LogP contribution is 2.25. The first kappa shape index (κ1) is 12.4. The second-order valence-corrected chi connectivity index (χ2v) is 3.45. The van der Waals surface area contributed by atoms with Crippen LogP contribution >= 0.6 is 11.6 Å². The van der Waals surface area contributed by atoms with E-state index in [1.165, 1.54) is 12.3 Å². The van der Waals surface area contributed by atoms with E-state index in [2.05, 4.69) is 4.98 Å². The van der Waals surface area contributed by atoms with Crippen molar-refractivity contribution in [3.05, 3.63) is 28.5 Å². The third-order valence-electron chi connectivity index (χ3n) is 1.98. The Morgan fingerprint density at radius 3 is 2.69 bits per heavy atom. The van der Waals surface area contributed by atoms with Crippen LogP contribution in [0.3, 0.4) is 0 Å². The van der Waals surface area contributed by atoms with Crippen LogP contribution in [0.4, 0.5) is 0 Å². The summed E-state index contributed by atoms with van der Waals surface area (Å²) in [7, 11) is 0. The lowest BCUT2D eigenvalue weighted by Gasteiger charge is -2.16. The second-order valence-electron chi connectivity index (χ2n) is 3.09. The summed E-state index contributed by atoms with van der Waals surface area (Å²) >= 11 is 5.72. The summed E-state index contributed by atoms with van der Waals surface area (Å²) in [5, 5.41) is 36.1. The molecule has 0 fully saturated rings. The van der Waals surface area contributed by atoms with Crippen molar-refractivity contribution in [1.29, 1.82) is 10.5 Å². The number of aromatic nitrogens is 1. The van der Waals surface area contributed by atoms with Crippen molar-refractivity contribution in [2.75, 3.05) is 0 Å². The molecule has 2 N–H and O–H groups in total. The van der Waals surface area contributed by atoms with Crippen LogP contribution in [0.1, 0.15) is 23.7 Å². The zero-order valence-electron chi connectivity index (χ0n) is 8.13. The van der Waals surface area contributed by atoms with Gasteiger partial charge in [-0.25, -0.2) is 4.98 Å². The first-order valence-electron chi connectivity index (χ1n) is 4.38. The lowest BCUT2D eigenvalue weighted by atomic mass is 10.0. The van der Waals surface area contributed by atoms with E-state index in [0.29, 0.717) is 0 Å². The molecule has 0 spiro atoms. The largest absolute Gasteiger partial charge is 0.389 e. The van der Waals surface area contributed by atoms with E-state index in [-0.39, 0.29) is 22.7 Å². The Hall–Kier alpha value is -1.66. The van der Waals surface area contributed by atoms with Gasteiger partial charge in [0.15, 0.2) is 0 Å². The lowest BCUT2D eigenvalue weighted by Crippen LogP contribution is -2.18. The zero-order chi connectivity index (χ0) is 12.1. The van der Waals surface area contributed by atoms with Gasteiger partial charge in [0.1, 0.15) is 17.3 Å². The smallest absolute Gasteiger partial charge is 0.134 e. The maximum Gasteiger partial charge on any atom is 0.134 e. The molecule has 0 radical (unpaired) electrons. The number of hydrogen-bond donors (Lipinski definition) is 2. The Kier molecular flexibility index (Phi) is 4.21. The summed E-state index contributed by atoms with van der Waals surface area (Å²) in [6.45, 7) is 0. The summed E-state index contributed by atoms with van der Waals surface area (Å²) in [6.07, 6.45) is -1.55. The average Bonchev–Trinajstić information content (AvgIpc) is 2.29. The van der Waals surface area contributed by atoms with Gasteiger partial charge in [0.2, 0.25) is 0 Å². The van der Waals surface area contributed by atoms with Crippen LogP contribution in [0.15, 0.2) is 12.3 Å². The zero-order valence-corrected chi connectivity index (χ0v) is 8.89. The Morgan fingerprint density at radius 2 is 2.12 bits per heavy atom. The van der Waals surface area contributed by atoms with Crippen molar-refractivity contribution in [2.24, 2.45) is 0 Å². The number of hydrogen-bond acceptors (Lipinski definition) is 5. The molecule has 2 unspecified atom stereocenters. The van der Waals surface area contributed by atoms with E-state index in [0.717, 1.165) is 0 Å². The number of aliphatic hydroxyl groups is 2. The van der Waals surface area contributed by atoms with Crippen molar-refractivity contribution >= 4 is 11.6 Å². The van der Waals surface area contributed by atoms with Crippen LogP contribution in [-0.2, 0) is 0 Å². The van der Waals surface area contributed by atoms with Gasteiger partial charge in [-0.05, 0) is 6.07 Å². The minimum atomic E-state index is -1.33. The van der Waals surface area contributed by atoms with Crippen LogP contribution < -0.4 is 0 Å². The maximum atomic E-state index is 9.69. The van der Waals surface area contributed by atoms with Crippen LogP contribution in [0.25, 0.3) is 0 Å². The number of aliphatic hydroxyl groups excluding tert-OH is 2. The standard InChI is InChI=1S/C10H8ClN3O2/c11-10-7(3-6(4-13)5-14-10)9(16)8(15)1-2-12/h3,5,8-9,15-16H,1H2. The van der Waals surface area contributed by atoms with E-state index in [1.807, 2.05) is 6.07 Å². The summed E-state index contributed by atoms with van der Waals surface area (Å²) in [4.78, 5) is 3.70. The van der Waals surface area contributed by atoms with Gasteiger partial charge >= 0.3 is 0 Å². The van der Waals surface area contributed by atoms with Crippen molar-refractivity contribution < 1.29 is 10.2 Å². The Labute approximate surface area is 97.2 Å². The Bertz CT molecular complexity index is 464. The Morgan fingerprint density at radius 1 is 1.44 bits per heavy atom. The van der Waals surface area contributed by atoms with Crippen molar-refractivity contribution in [3.8, 4) is 12.1 Å². The minimum Gasteiger partial charge on any atom is -0.389 e. The predicted molar refractivity (Wildman–Crippen MR) is 55.2 cm³/mol. The molecule has 1 rings (SSSR count). The van der Waals surface area contributed by atoms with Crippen LogP contribution in [0.2, 0.25) is 5.15 Å². The molecule has 0 amide bonds. The highest BCUT2D eigenvalue weighted by atomic mass is 35.5. The molecule has 0 saturated heterocycles. The van der Waals surface area contributed by atoms with Gasteiger partial charge in [-0.3, -0.25) is 0 Å². The molecule has 1 aromatic heterocycles. The third-order valence-corrected chi connectivity index (χ3v) is 2.29. The molecule has 16 heavy (non-hydrogen) atoms. The molecule has 1 heterocycles. The van der Waals surface area contributed by atoms with Gasteiger partial charge in [-0.15, -0.1) is 0 Å². The van der Waals surface area contributed by atoms with E-state index >= 15 is 0 Å². The molecule has 0 saturated carbocycles. The normalized spacial score (nSPS) is 13.6. The maximum absolute atomic E-state index is 9.69. The number of pyridine rings is 1. The monoisotopic (exact) mass is 237 g/mol. The number of nitriles is 2. The summed E-state index contributed by atoms with van der Waals surface area (Å²) in [5.74, 6) is 0. The molecule has 0 aliphatic heterocycles. The second kappa shape index (κ2) is 5.43. The van der Waals surface area contributed by atoms with Gasteiger partial charge in [0.25, 0.3) is 0 Å². The van der Waals surface area contributed by atoms with Crippen molar-refractivity contribution in [3.63, 3.8) is 0 Å². The van der Waals surface area contributed by atoms with E-state index < -0.39 is 12.2 Å². The first-order valence-corrected chi connectivity index (χ1v) is 4.76.